The molecule has 7 nitrogen and oxygen atoms in total. The van der Waals surface area contributed by atoms with E-state index in [2.05, 4.69) is 10.7 Å². The second-order valence-corrected chi connectivity index (χ2v) is 3.91. The van der Waals surface area contributed by atoms with E-state index in [9.17, 15) is 9.59 Å². The second kappa shape index (κ2) is 6.05. The van der Waals surface area contributed by atoms with Gasteiger partial charge in [-0.3, -0.25) is 15.1 Å². The number of benzene rings is 1. The smallest absolute Gasteiger partial charge is 0.340 e. The van der Waals surface area contributed by atoms with Crippen LogP contribution < -0.4 is 20.5 Å². The number of methoxy groups -OCH3 is 1. The number of nitrogens with zero attached hydrogens (tertiary/aromatic N) is 1. The van der Waals surface area contributed by atoms with Gasteiger partial charge in [-0.1, -0.05) is 6.07 Å². The van der Waals surface area contributed by atoms with Crippen LogP contribution in [0.2, 0.25) is 0 Å². The summed E-state index contributed by atoms with van der Waals surface area (Å²) < 4.78 is 10.4. The van der Waals surface area contributed by atoms with E-state index in [-0.39, 0.29) is 12.5 Å². The number of urea groups is 1. The zero-order valence-electron chi connectivity index (χ0n) is 10.5. The minimum atomic E-state index is -0.540. The number of hydrogen-bond acceptors (Lipinski definition) is 5. The van der Waals surface area contributed by atoms with E-state index in [4.69, 9.17) is 9.47 Å². The number of anilines is 1. The van der Waals surface area contributed by atoms with Crippen LogP contribution in [-0.2, 0) is 9.53 Å². The molecule has 0 saturated carbocycles. The first-order chi connectivity index (χ1) is 9.19. The predicted octanol–water partition coefficient (Wildman–Crippen LogP) is 0.273. The normalized spacial score (nSPS) is 14.9. The number of imide groups is 1. The van der Waals surface area contributed by atoms with Crippen LogP contribution in [0.1, 0.15) is 0 Å². The van der Waals surface area contributed by atoms with Crippen molar-refractivity contribution >= 4 is 17.6 Å². The van der Waals surface area contributed by atoms with Gasteiger partial charge < -0.3 is 9.47 Å². The lowest BCUT2D eigenvalue weighted by Gasteiger charge is -2.28. The molecule has 0 atom stereocenters. The highest BCUT2D eigenvalue weighted by Gasteiger charge is 2.21. The van der Waals surface area contributed by atoms with Gasteiger partial charge in [-0.2, -0.15) is 0 Å². The number of ether oxygens (including phenoxy) is 2. The summed E-state index contributed by atoms with van der Waals surface area (Å²) in [5.74, 6) is 0.296. The fourth-order valence-corrected chi connectivity index (χ4v) is 1.64. The molecule has 2 N–H and O–H groups in total. The van der Waals surface area contributed by atoms with Gasteiger partial charge in [0.05, 0.1) is 12.3 Å². The molecule has 1 fully saturated rings. The Kier molecular flexibility index (Phi) is 4.19. The molecule has 0 bridgehead atoms. The summed E-state index contributed by atoms with van der Waals surface area (Å²) in [5, 5.41) is 3.62. The van der Waals surface area contributed by atoms with E-state index < -0.39 is 6.03 Å². The molecule has 102 valence electrons. The minimum Gasteiger partial charge on any atom is -0.491 e. The first-order valence-corrected chi connectivity index (χ1v) is 5.79. The highest BCUT2D eigenvalue weighted by atomic mass is 16.5. The van der Waals surface area contributed by atoms with E-state index in [0.29, 0.717) is 24.7 Å². The van der Waals surface area contributed by atoms with Crippen LogP contribution >= 0.6 is 0 Å². The van der Waals surface area contributed by atoms with Gasteiger partial charge in [0.25, 0.3) is 0 Å². The predicted molar refractivity (Wildman–Crippen MR) is 67.8 cm³/mol. The Labute approximate surface area is 110 Å². The van der Waals surface area contributed by atoms with Gasteiger partial charge in [0.2, 0.25) is 5.91 Å². The molecule has 1 heterocycles. The molecule has 1 aromatic carbocycles. The summed E-state index contributed by atoms with van der Waals surface area (Å²) >= 11 is 0. The van der Waals surface area contributed by atoms with Crippen LogP contribution in [0, 0.1) is 0 Å². The third-order valence-corrected chi connectivity index (χ3v) is 2.48. The fraction of sp³-hybridized carbons (Fsp3) is 0.333. The van der Waals surface area contributed by atoms with E-state index in [0.717, 1.165) is 0 Å². The molecular weight excluding hydrogens is 250 g/mol. The molecule has 0 unspecified atom stereocenters. The van der Waals surface area contributed by atoms with Gasteiger partial charge in [0.1, 0.15) is 18.9 Å². The Bertz CT molecular complexity index is 462. The molecular formula is C12H15N3O4. The Balaban J connectivity index is 2.05. The molecule has 0 aromatic heterocycles. The molecule has 0 radical (unpaired) electrons. The standard InChI is InChI=1S/C12H15N3O4/c1-18-5-6-19-10-4-2-3-9(7-10)15-8-11(16)13-12(17)14-15/h2-4,7H,5-6,8H2,1H3,(H2,13,14,16,17). The van der Waals surface area contributed by atoms with Crippen molar-refractivity contribution in [1.29, 1.82) is 0 Å². The number of carbonyl (C=O) groups excluding carboxylic acids is 2. The van der Waals surface area contributed by atoms with Gasteiger partial charge >= 0.3 is 6.03 Å². The summed E-state index contributed by atoms with van der Waals surface area (Å²) in [6.07, 6.45) is 0. The molecule has 7 heteroatoms. The molecule has 1 aromatic rings. The summed E-state index contributed by atoms with van der Waals surface area (Å²) in [4.78, 5) is 22.5. The van der Waals surface area contributed by atoms with E-state index >= 15 is 0 Å². The molecule has 1 saturated heterocycles. The zero-order chi connectivity index (χ0) is 13.7. The van der Waals surface area contributed by atoms with Gasteiger partial charge in [-0.15, -0.1) is 0 Å². The third-order valence-electron chi connectivity index (χ3n) is 2.48. The monoisotopic (exact) mass is 265 g/mol. The van der Waals surface area contributed by atoms with Gasteiger partial charge in [0.15, 0.2) is 0 Å². The van der Waals surface area contributed by atoms with Crippen molar-refractivity contribution in [3.05, 3.63) is 24.3 Å². The van der Waals surface area contributed by atoms with E-state index in [1.165, 1.54) is 5.01 Å². The second-order valence-electron chi connectivity index (χ2n) is 3.91. The maximum atomic E-state index is 11.3. The summed E-state index contributed by atoms with van der Waals surface area (Å²) in [6, 6.07) is 6.57. The van der Waals surface area contributed by atoms with Gasteiger partial charge in [-0.05, 0) is 12.1 Å². The summed E-state index contributed by atoms with van der Waals surface area (Å²) in [6.45, 7) is 0.993. The van der Waals surface area contributed by atoms with Crippen molar-refractivity contribution in [3.8, 4) is 5.75 Å². The molecule has 1 aliphatic rings. The van der Waals surface area contributed by atoms with Crippen molar-refractivity contribution in [2.75, 3.05) is 31.9 Å². The minimum absolute atomic E-state index is 0.0628. The van der Waals surface area contributed by atoms with Crippen LogP contribution in [0.5, 0.6) is 5.75 Å². The lowest BCUT2D eigenvalue weighted by atomic mass is 10.3. The highest BCUT2D eigenvalue weighted by Crippen LogP contribution is 2.20. The Morgan fingerprint density at radius 3 is 2.89 bits per heavy atom. The van der Waals surface area contributed by atoms with Crippen LogP contribution in [-0.4, -0.2) is 38.8 Å². The number of hydrazine groups is 1. The van der Waals surface area contributed by atoms with Crippen LogP contribution in [0.15, 0.2) is 24.3 Å². The molecule has 2 rings (SSSR count). The molecule has 3 amide bonds. The largest absolute Gasteiger partial charge is 0.491 e. The average molecular weight is 265 g/mol. The van der Waals surface area contributed by atoms with Crippen molar-refractivity contribution < 1.29 is 19.1 Å². The van der Waals surface area contributed by atoms with Gasteiger partial charge in [-0.25, -0.2) is 10.2 Å². The fourth-order valence-electron chi connectivity index (χ4n) is 1.64. The van der Waals surface area contributed by atoms with Crippen LogP contribution in [0.4, 0.5) is 10.5 Å². The quantitative estimate of drug-likeness (QED) is 0.747. The lowest BCUT2D eigenvalue weighted by molar-refractivity contribution is -0.119. The molecule has 19 heavy (non-hydrogen) atoms. The SMILES string of the molecule is COCCOc1cccc(N2CC(=O)NC(=O)N2)c1. The lowest BCUT2D eigenvalue weighted by Crippen LogP contribution is -2.59. The Morgan fingerprint density at radius 1 is 1.32 bits per heavy atom. The van der Waals surface area contributed by atoms with E-state index in [1.807, 2.05) is 0 Å². The maximum Gasteiger partial charge on any atom is 0.340 e. The number of nitrogens with one attached hydrogen (secondary N) is 2. The average Bonchev–Trinajstić information content (AvgIpc) is 2.38. The van der Waals surface area contributed by atoms with Gasteiger partial charge in [0, 0.05) is 13.2 Å². The Morgan fingerprint density at radius 2 is 2.16 bits per heavy atom. The van der Waals surface area contributed by atoms with Crippen molar-refractivity contribution in [3.63, 3.8) is 0 Å². The Hall–Kier alpha value is -2.28. The van der Waals surface area contributed by atoms with Crippen molar-refractivity contribution in [1.82, 2.24) is 10.7 Å². The number of amides is 3. The summed E-state index contributed by atoms with van der Waals surface area (Å²) in [7, 11) is 1.60. The number of rotatable bonds is 5. The van der Waals surface area contributed by atoms with Crippen molar-refractivity contribution in [2.45, 2.75) is 0 Å². The third kappa shape index (κ3) is 3.59. The maximum absolute atomic E-state index is 11.3. The highest BCUT2D eigenvalue weighted by molar-refractivity contribution is 6.00. The number of carbonyl (C=O) groups is 2. The summed E-state index contributed by atoms with van der Waals surface area (Å²) in [5.41, 5.74) is 3.22. The van der Waals surface area contributed by atoms with Crippen LogP contribution in [0.3, 0.4) is 0 Å². The molecule has 0 aliphatic carbocycles. The first kappa shape index (κ1) is 13.2. The topological polar surface area (TPSA) is 79.9 Å². The van der Waals surface area contributed by atoms with Crippen LogP contribution in [0.25, 0.3) is 0 Å². The molecule has 0 spiro atoms. The zero-order valence-corrected chi connectivity index (χ0v) is 10.5. The molecule has 1 aliphatic heterocycles. The van der Waals surface area contributed by atoms with Crippen molar-refractivity contribution in [2.24, 2.45) is 0 Å². The number of hydrogen-bond donors (Lipinski definition) is 2. The first-order valence-electron chi connectivity index (χ1n) is 5.79. The van der Waals surface area contributed by atoms with E-state index in [1.54, 1.807) is 31.4 Å².